The van der Waals surface area contributed by atoms with Crippen LogP contribution in [0.1, 0.15) is 25.7 Å². The van der Waals surface area contributed by atoms with E-state index in [9.17, 15) is 17.6 Å². The molecular weight excluding hydrogens is 345 g/mol. The normalized spacial score (nSPS) is 16.6. The number of hydrogen-bond donors (Lipinski definition) is 1. The molecule has 0 unspecified atom stereocenters. The Labute approximate surface area is 149 Å². The summed E-state index contributed by atoms with van der Waals surface area (Å²) in [4.78, 5) is 14.3. The molecule has 0 aromatic heterocycles. The van der Waals surface area contributed by atoms with E-state index < -0.39 is 15.8 Å². The summed E-state index contributed by atoms with van der Waals surface area (Å²) in [6.07, 6.45) is 3.44. The van der Waals surface area contributed by atoms with E-state index in [2.05, 4.69) is 17.3 Å². The van der Waals surface area contributed by atoms with E-state index in [1.54, 1.807) is 6.07 Å². The number of hydrogen-bond acceptors (Lipinski definition) is 4. The fourth-order valence-corrected chi connectivity index (χ4v) is 3.92. The quantitative estimate of drug-likeness (QED) is 0.790. The van der Waals surface area contributed by atoms with Crippen LogP contribution in [0.3, 0.4) is 0 Å². The van der Waals surface area contributed by atoms with Gasteiger partial charge in [0.1, 0.15) is 5.82 Å². The Hall–Kier alpha value is -1.67. The second-order valence-electron chi connectivity index (χ2n) is 6.54. The number of para-hydroxylation sites is 1. The zero-order valence-corrected chi connectivity index (χ0v) is 15.6. The second-order valence-corrected chi connectivity index (χ2v) is 8.44. The van der Waals surface area contributed by atoms with Gasteiger partial charge in [0.05, 0.1) is 11.9 Å². The Kier molecular flexibility index (Phi) is 6.78. The molecule has 2 rings (SSSR count). The molecule has 8 heteroatoms. The highest BCUT2D eigenvalue weighted by atomic mass is 32.2. The number of carbonyl (C=O) groups is 1. The summed E-state index contributed by atoms with van der Waals surface area (Å²) in [6, 6.07) is 5.92. The number of benzene rings is 1. The van der Waals surface area contributed by atoms with Crippen LogP contribution < -0.4 is 9.62 Å². The molecule has 0 aliphatic carbocycles. The van der Waals surface area contributed by atoms with Crippen molar-refractivity contribution in [2.45, 2.75) is 31.7 Å². The minimum Gasteiger partial charge on any atom is -0.353 e. The molecule has 1 amide bonds. The van der Waals surface area contributed by atoms with Crippen molar-refractivity contribution < 1.29 is 17.6 Å². The highest BCUT2D eigenvalue weighted by Gasteiger charge is 2.21. The van der Waals surface area contributed by atoms with Crippen LogP contribution in [0, 0.1) is 5.82 Å². The van der Waals surface area contributed by atoms with Crippen molar-refractivity contribution in [3.63, 3.8) is 0 Å². The van der Waals surface area contributed by atoms with Gasteiger partial charge in [0.15, 0.2) is 0 Å². The number of anilines is 1. The molecule has 1 aromatic rings. The van der Waals surface area contributed by atoms with Crippen LogP contribution in [-0.2, 0) is 14.8 Å². The van der Waals surface area contributed by atoms with E-state index in [-0.39, 0.29) is 30.6 Å². The molecule has 140 valence electrons. The van der Waals surface area contributed by atoms with E-state index in [0.717, 1.165) is 36.5 Å². The first-order chi connectivity index (χ1) is 11.8. The van der Waals surface area contributed by atoms with Crippen LogP contribution in [0.5, 0.6) is 0 Å². The molecule has 1 N–H and O–H groups in total. The van der Waals surface area contributed by atoms with Crippen LogP contribution in [-0.4, -0.2) is 58.2 Å². The van der Waals surface area contributed by atoms with Gasteiger partial charge in [-0.05, 0) is 51.5 Å². The Morgan fingerprint density at radius 3 is 2.56 bits per heavy atom. The largest absolute Gasteiger partial charge is 0.353 e. The molecule has 6 nitrogen and oxygen atoms in total. The zero-order chi connectivity index (χ0) is 18.4. The Bertz CT molecular complexity index is 688. The smallest absolute Gasteiger partial charge is 0.232 e. The molecule has 0 spiro atoms. The number of nitrogens with zero attached hydrogens (tertiary/aromatic N) is 2. The summed E-state index contributed by atoms with van der Waals surface area (Å²) in [7, 11) is -1.56. The number of carbonyl (C=O) groups excluding carboxylic acids is 1. The number of amides is 1. The second kappa shape index (κ2) is 8.62. The Balaban J connectivity index is 1.87. The van der Waals surface area contributed by atoms with Crippen LogP contribution in [0.25, 0.3) is 0 Å². The third-order valence-electron chi connectivity index (χ3n) is 4.37. The van der Waals surface area contributed by atoms with Gasteiger partial charge in [-0.2, -0.15) is 0 Å². The van der Waals surface area contributed by atoms with Crippen molar-refractivity contribution in [3.05, 3.63) is 30.1 Å². The third-order valence-corrected chi connectivity index (χ3v) is 5.55. The van der Waals surface area contributed by atoms with Crippen LogP contribution in [0.15, 0.2) is 24.3 Å². The molecule has 25 heavy (non-hydrogen) atoms. The first-order valence-electron chi connectivity index (χ1n) is 8.47. The average molecular weight is 371 g/mol. The summed E-state index contributed by atoms with van der Waals surface area (Å²) < 4.78 is 38.8. The lowest BCUT2D eigenvalue weighted by atomic mass is 10.1. The van der Waals surface area contributed by atoms with E-state index >= 15 is 0 Å². The number of nitrogens with one attached hydrogen (secondary N) is 1. The molecule has 1 aliphatic heterocycles. The predicted octanol–water partition coefficient (Wildman–Crippen LogP) is 1.58. The maximum atomic E-state index is 13.9. The van der Waals surface area contributed by atoms with Crippen LogP contribution >= 0.6 is 0 Å². The molecule has 0 atom stereocenters. The molecule has 1 heterocycles. The maximum Gasteiger partial charge on any atom is 0.232 e. The van der Waals surface area contributed by atoms with Crippen molar-refractivity contribution in [3.8, 4) is 0 Å². The van der Waals surface area contributed by atoms with Gasteiger partial charge in [0.2, 0.25) is 15.9 Å². The van der Waals surface area contributed by atoms with Gasteiger partial charge in [0.25, 0.3) is 0 Å². The van der Waals surface area contributed by atoms with Gasteiger partial charge in [0, 0.05) is 19.0 Å². The fraction of sp³-hybridized carbons (Fsp3) is 0.588. The van der Waals surface area contributed by atoms with Crippen LogP contribution in [0.2, 0.25) is 0 Å². The van der Waals surface area contributed by atoms with E-state index in [0.29, 0.717) is 6.42 Å². The van der Waals surface area contributed by atoms with Crippen molar-refractivity contribution >= 4 is 21.6 Å². The maximum absolute atomic E-state index is 13.9. The van der Waals surface area contributed by atoms with E-state index in [4.69, 9.17) is 0 Å². The Morgan fingerprint density at radius 2 is 1.96 bits per heavy atom. The van der Waals surface area contributed by atoms with E-state index in [1.165, 1.54) is 18.2 Å². The minimum absolute atomic E-state index is 0.0146. The number of sulfonamides is 1. The predicted molar refractivity (Wildman–Crippen MR) is 96.5 cm³/mol. The van der Waals surface area contributed by atoms with Crippen molar-refractivity contribution in [1.82, 2.24) is 10.2 Å². The fourth-order valence-electron chi connectivity index (χ4n) is 2.95. The first-order valence-corrected chi connectivity index (χ1v) is 10.3. The molecule has 1 aromatic carbocycles. The standard InChI is InChI=1S/C17H26FN3O3S/c1-20-12-9-14(10-13-20)19-17(22)8-5-11-21(25(2,23)24)16-7-4-3-6-15(16)18/h3-4,6-7,14H,5,8-13H2,1-2H3,(H,19,22). The molecular formula is C17H26FN3O3S. The summed E-state index contributed by atoms with van der Waals surface area (Å²) in [6.45, 7) is 1.99. The van der Waals surface area contributed by atoms with Gasteiger partial charge in [-0.3, -0.25) is 9.10 Å². The number of rotatable bonds is 7. The summed E-state index contributed by atoms with van der Waals surface area (Å²) in [5.74, 6) is -0.680. The number of piperidine rings is 1. The van der Waals surface area contributed by atoms with Gasteiger partial charge in [-0.15, -0.1) is 0 Å². The van der Waals surface area contributed by atoms with Crippen LogP contribution in [0.4, 0.5) is 10.1 Å². The molecule has 0 bridgehead atoms. The van der Waals surface area contributed by atoms with Crippen molar-refractivity contribution in [2.24, 2.45) is 0 Å². The van der Waals surface area contributed by atoms with E-state index in [1.807, 2.05) is 0 Å². The minimum atomic E-state index is -3.62. The van der Waals surface area contributed by atoms with Crippen molar-refractivity contribution in [1.29, 1.82) is 0 Å². The van der Waals surface area contributed by atoms with Gasteiger partial charge in [-0.25, -0.2) is 12.8 Å². The lowest BCUT2D eigenvalue weighted by Gasteiger charge is -2.29. The van der Waals surface area contributed by atoms with Gasteiger partial charge < -0.3 is 10.2 Å². The molecule has 0 saturated carbocycles. The number of likely N-dealkylation sites (tertiary alicyclic amines) is 1. The third kappa shape index (κ3) is 5.97. The highest BCUT2D eigenvalue weighted by molar-refractivity contribution is 7.92. The number of halogens is 1. The molecule has 1 saturated heterocycles. The lowest BCUT2D eigenvalue weighted by Crippen LogP contribution is -2.43. The topological polar surface area (TPSA) is 69.7 Å². The van der Waals surface area contributed by atoms with Crippen molar-refractivity contribution in [2.75, 3.05) is 37.2 Å². The summed E-state index contributed by atoms with van der Waals surface area (Å²) in [5.41, 5.74) is 0.0146. The molecule has 1 aliphatic rings. The zero-order valence-electron chi connectivity index (χ0n) is 14.7. The van der Waals surface area contributed by atoms with Gasteiger partial charge in [-0.1, -0.05) is 12.1 Å². The lowest BCUT2D eigenvalue weighted by molar-refractivity contribution is -0.122. The van der Waals surface area contributed by atoms with Gasteiger partial charge >= 0.3 is 0 Å². The Morgan fingerprint density at radius 1 is 1.32 bits per heavy atom. The SMILES string of the molecule is CN1CCC(NC(=O)CCCN(c2ccccc2F)S(C)(=O)=O)CC1. The average Bonchev–Trinajstić information content (AvgIpc) is 2.54. The highest BCUT2D eigenvalue weighted by Crippen LogP contribution is 2.21. The monoisotopic (exact) mass is 371 g/mol. The summed E-state index contributed by atoms with van der Waals surface area (Å²) in [5, 5.41) is 3.00. The summed E-state index contributed by atoms with van der Waals surface area (Å²) >= 11 is 0. The first kappa shape index (κ1) is 19.7. The molecule has 1 fully saturated rings. The molecule has 0 radical (unpaired) electrons.